The van der Waals surface area contributed by atoms with Gasteiger partial charge in [-0.25, -0.2) is 4.68 Å². The lowest BCUT2D eigenvalue weighted by Crippen LogP contribution is -2.22. The Balaban J connectivity index is 2.13. The third-order valence-corrected chi connectivity index (χ3v) is 2.97. The van der Waals surface area contributed by atoms with Gasteiger partial charge in [0.2, 0.25) is 0 Å². The summed E-state index contributed by atoms with van der Waals surface area (Å²) in [5.74, 6) is 0. The number of benzene rings is 1. The van der Waals surface area contributed by atoms with Gasteiger partial charge in [-0.1, -0.05) is 11.6 Å². The van der Waals surface area contributed by atoms with Crippen LogP contribution in [-0.4, -0.2) is 39.2 Å². The van der Waals surface area contributed by atoms with Gasteiger partial charge in [0, 0.05) is 18.4 Å². The number of nitrogens with zero attached hydrogens (tertiary/aromatic N) is 2. The van der Waals surface area contributed by atoms with E-state index >= 15 is 0 Å². The van der Waals surface area contributed by atoms with Crippen LogP contribution < -0.4 is 5.32 Å². The molecule has 0 aliphatic carbocycles. The number of rotatable bonds is 5. The number of hydrogen-bond donors (Lipinski definition) is 3. The summed E-state index contributed by atoms with van der Waals surface area (Å²) in [6.07, 6.45) is 1.06. The van der Waals surface area contributed by atoms with Gasteiger partial charge in [0.25, 0.3) is 0 Å². The minimum absolute atomic E-state index is 0.271. The zero-order valence-electron chi connectivity index (χ0n) is 10.5. The average Bonchev–Trinajstić information content (AvgIpc) is 2.82. The van der Waals surface area contributed by atoms with Crippen molar-refractivity contribution in [3.8, 4) is 5.69 Å². The fraction of sp³-hybridized carbons (Fsp3) is 0.308. The van der Waals surface area contributed by atoms with Crippen LogP contribution in [0.5, 0.6) is 0 Å². The molecule has 0 bridgehead atoms. The zero-order valence-corrected chi connectivity index (χ0v) is 11.3. The van der Waals surface area contributed by atoms with E-state index in [0.717, 1.165) is 17.1 Å². The topological polar surface area (TPSA) is 70.3 Å². The van der Waals surface area contributed by atoms with Crippen molar-refractivity contribution in [2.24, 2.45) is 0 Å². The number of aliphatic hydroxyl groups excluding tert-OH is 2. The van der Waals surface area contributed by atoms with Gasteiger partial charge in [0.05, 0.1) is 29.1 Å². The fourth-order valence-electron chi connectivity index (χ4n) is 1.65. The molecule has 1 unspecified atom stereocenters. The van der Waals surface area contributed by atoms with E-state index in [1.54, 1.807) is 10.7 Å². The van der Waals surface area contributed by atoms with Gasteiger partial charge in [-0.3, -0.25) is 0 Å². The first-order chi connectivity index (χ1) is 9.10. The molecule has 2 rings (SSSR count). The van der Waals surface area contributed by atoms with Gasteiger partial charge >= 0.3 is 0 Å². The van der Waals surface area contributed by atoms with E-state index in [9.17, 15) is 5.11 Å². The van der Waals surface area contributed by atoms with Gasteiger partial charge in [0.1, 0.15) is 0 Å². The summed E-state index contributed by atoms with van der Waals surface area (Å²) < 4.78 is 1.71. The summed E-state index contributed by atoms with van der Waals surface area (Å²) in [5, 5.41) is 25.9. The second-order valence-corrected chi connectivity index (χ2v) is 4.69. The molecule has 0 amide bonds. The standard InChI is InChI=1S/C13H16ClN3O2/c1-9-4-5-17(16-9)13-3-2-10(6-12(13)14)15-7-11(19)8-18/h2-6,11,15,18-19H,7-8H2,1H3. The van der Waals surface area contributed by atoms with Crippen molar-refractivity contribution in [3.05, 3.63) is 41.2 Å². The molecular formula is C13H16ClN3O2. The molecule has 0 fully saturated rings. The molecule has 5 nitrogen and oxygen atoms in total. The highest BCUT2D eigenvalue weighted by molar-refractivity contribution is 6.32. The molecule has 0 saturated heterocycles. The van der Waals surface area contributed by atoms with Crippen molar-refractivity contribution in [1.29, 1.82) is 0 Å². The molecule has 0 aliphatic heterocycles. The van der Waals surface area contributed by atoms with Gasteiger partial charge in [-0.15, -0.1) is 0 Å². The maximum atomic E-state index is 9.26. The lowest BCUT2D eigenvalue weighted by molar-refractivity contribution is 0.105. The first kappa shape index (κ1) is 13.9. The lowest BCUT2D eigenvalue weighted by atomic mass is 10.2. The van der Waals surface area contributed by atoms with Crippen molar-refractivity contribution in [1.82, 2.24) is 9.78 Å². The van der Waals surface area contributed by atoms with Crippen LogP contribution >= 0.6 is 11.6 Å². The number of halogens is 1. The Kier molecular flexibility index (Phi) is 4.42. The highest BCUT2D eigenvalue weighted by atomic mass is 35.5. The van der Waals surface area contributed by atoms with Crippen molar-refractivity contribution < 1.29 is 10.2 Å². The Hall–Kier alpha value is -1.56. The molecule has 0 saturated carbocycles. The summed E-state index contributed by atoms with van der Waals surface area (Å²) in [6, 6.07) is 7.36. The van der Waals surface area contributed by atoms with E-state index in [-0.39, 0.29) is 13.2 Å². The highest BCUT2D eigenvalue weighted by Gasteiger charge is 2.06. The predicted molar refractivity (Wildman–Crippen MR) is 74.9 cm³/mol. The maximum Gasteiger partial charge on any atom is 0.0942 e. The molecule has 19 heavy (non-hydrogen) atoms. The van der Waals surface area contributed by atoms with Crippen molar-refractivity contribution >= 4 is 17.3 Å². The molecule has 1 aromatic carbocycles. The molecule has 1 heterocycles. The lowest BCUT2D eigenvalue weighted by Gasteiger charge is -2.12. The second-order valence-electron chi connectivity index (χ2n) is 4.29. The van der Waals surface area contributed by atoms with E-state index in [0.29, 0.717) is 5.02 Å². The largest absolute Gasteiger partial charge is 0.394 e. The summed E-state index contributed by atoms with van der Waals surface area (Å²) >= 11 is 6.21. The van der Waals surface area contributed by atoms with Crippen LogP contribution in [0.1, 0.15) is 5.69 Å². The summed E-state index contributed by atoms with van der Waals surface area (Å²) in [7, 11) is 0. The SMILES string of the molecule is Cc1ccn(-c2ccc(NCC(O)CO)cc2Cl)n1. The minimum atomic E-state index is -0.785. The van der Waals surface area contributed by atoms with E-state index in [4.69, 9.17) is 16.7 Å². The predicted octanol–water partition coefficient (Wildman–Crippen LogP) is 1.60. The zero-order chi connectivity index (χ0) is 13.8. The molecule has 2 aromatic rings. The minimum Gasteiger partial charge on any atom is -0.394 e. The molecule has 3 N–H and O–H groups in total. The van der Waals surface area contributed by atoms with Crippen LogP contribution in [-0.2, 0) is 0 Å². The van der Waals surface area contributed by atoms with Gasteiger partial charge in [0.15, 0.2) is 0 Å². The van der Waals surface area contributed by atoms with Crippen LogP contribution in [0.4, 0.5) is 5.69 Å². The summed E-state index contributed by atoms with van der Waals surface area (Å²) in [6.45, 7) is 1.91. The van der Waals surface area contributed by atoms with E-state index < -0.39 is 6.10 Å². The Labute approximate surface area is 116 Å². The van der Waals surface area contributed by atoms with E-state index in [1.165, 1.54) is 0 Å². The van der Waals surface area contributed by atoms with Crippen LogP contribution in [0.2, 0.25) is 5.02 Å². The summed E-state index contributed by atoms with van der Waals surface area (Å²) in [4.78, 5) is 0. The van der Waals surface area contributed by atoms with Crippen LogP contribution in [0, 0.1) is 6.92 Å². The monoisotopic (exact) mass is 281 g/mol. The van der Waals surface area contributed by atoms with Crippen LogP contribution in [0.15, 0.2) is 30.5 Å². The maximum absolute atomic E-state index is 9.26. The molecular weight excluding hydrogens is 266 g/mol. The quantitative estimate of drug-likeness (QED) is 0.779. The normalized spacial score (nSPS) is 12.4. The fourth-order valence-corrected chi connectivity index (χ4v) is 1.92. The number of nitrogens with one attached hydrogen (secondary N) is 1. The first-order valence-corrected chi connectivity index (χ1v) is 6.33. The van der Waals surface area contributed by atoms with Crippen molar-refractivity contribution in [2.75, 3.05) is 18.5 Å². The third-order valence-electron chi connectivity index (χ3n) is 2.67. The Morgan fingerprint density at radius 1 is 1.42 bits per heavy atom. The van der Waals surface area contributed by atoms with Crippen LogP contribution in [0.25, 0.3) is 5.69 Å². The van der Waals surface area contributed by atoms with Gasteiger partial charge in [-0.2, -0.15) is 5.10 Å². The van der Waals surface area contributed by atoms with E-state index in [2.05, 4.69) is 10.4 Å². The Bertz CT molecular complexity index is 557. The molecule has 6 heteroatoms. The molecule has 0 aliphatic rings. The average molecular weight is 282 g/mol. The first-order valence-electron chi connectivity index (χ1n) is 5.95. The summed E-state index contributed by atoms with van der Waals surface area (Å²) in [5.41, 5.74) is 2.50. The van der Waals surface area contributed by atoms with Crippen molar-refractivity contribution in [3.63, 3.8) is 0 Å². The number of hydrogen-bond acceptors (Lipinski definition) is 4. The molecule has 1 aromatic heterocycles. The number of aromatic nitrogens is 2. The molecule has 1 atom stereocenters. The molecule has 0 radical (unpaired) electrons. The number of aryl methyl sites for hydroxylation is 1. The van der Waals surface area contributed by atoms with E-state index in [1.807, 2.05) is 31.3 Å². The third kappa shape index (κ3) is 3.47. The molecule has 0 spiro atoms. The smallest absolute Gasteiger partial charge is 0.0942 e. The van der Waals surface area contributed by atoms with Crippen molar-refractivity contribution in [2.45, 2.75) is 13.0 Å². The number of anilines is 1. The highest BCUT2D eigenvalue weighted by Crippen LogP contribution is 2.24. The Morgan fingerprint density at radius 2 is 2.21 bits per heavy atom. The number of aliphatic hydroxyl groups is 2. The second kappa shape index (κ2) is 6.06. The molecule has 102 valence electrons. The van der Waals surface area contributed by atoms with Gasteiger partial charge < -0.3 is 15.5 Å². The Morgan fingerprint density at radius 3 is 2.79 bits per heavy atom. The van der Waals surface area contributed by atoms with Crippen LogP contribution in [0.3, 0.4) is 0 Å². The van der Waals surface area contributed by atoms with Gasteiger partial charge in [-0.05, 0) is 31.2 Å².